The summed E-state index contributed by atoms with van der Waals surface area (Å²) >= 11 is 12.3. The number of nitrogens with zero attached hydrogens (tertiary/aromatic N) is 3. The van der Waals surface area contributed by atoms with Gasteiger partial charge in [-0.2, -0.15) is 5.26 Å². The minimum atomic E-state index is -1.70. The van der Waals surface area contributed by atoms with Crippen molar-refractivity contribution in [2.45, 2.75) is 32.7 Å². The van der Waals surface area contributed by atoms with Crippen LogP contribution in [0.3, 0.4) is 0 Å². The van der Waals surface area contributed by atoms with Gasteiger partial charge in [-0.3, -0.25) is 14.2 Å². The molecule has 2 atom stereocenters. The third kappa shape index (κ3) is 6.88. The van der Waals surface area contributed by atoms with E-state index in [0.717, 1.165) is 16.5 Å². The van der Waals surface area contributed by atoms with Gasteiger partial charge in [-0.15, -0.1) is 0 Å². The first-order chi connectivity index (χ1) is 15.6. The van der Waals surface area contributed by atoms with E-state index < -0.39 is 23.1 Å². The van der Waals surface area contributed by atoms with Crippen LogP contribution >= 0.6 is 32.4 Å². The fraction of sp³-hybridized carbons (Fsp3) is 0.273. The zero-order chi connectivity index (χ0) is 24.7. The summed E-state index contributed by atoms with van der Waals surface area (Å²) in [5.41, 5.74) is 0.259. The molecule has 0 radical (unpaired) electrons. The number of carbonyl (C=O) groups excluding carboxylic acids is 1. The lowest BCUT2D eigenvalue weighted by Gasteiger charge is -2.15. The Labute approximate surface area is 203 Å². The van der Waals surface area contributed by atoms with Crippen LogP contribution < -0.4 is 15.6 Å². The molecule has 0 aliphatic carbocycles. The number of amides is 1. The molecule has 11 heteroatoms. The molecule has 0 saturated carbocycles. The molecule has 7 nitrogen and oxygen atoms in total. The highest BCUT2D eigenvalue weighted by Gasteiger charge is 2.21. The number of allylic oxidation sites excluding steroid dienone is 3. The molecule has 1 heterocycles. The van der Waals surface area contributed by atoms with E-state index in [1.54, 1.807) is 0 Å². The summed E-state index contributed by atoms with van der Waals surface area (Å²) in [6.45, 7) is 3.56. The second-order valence-electron chi connectivity index (χ2n) is 6.91. The molecule has 0 fully saturated rings. The Hall–Kier alpha value is -2.72. The van der Waals surface area contributed by atoms with Crippen LogP contribution in [0.2, 0.25) is 5.02 Å². The van der Waals surface area contributed by atoms with Crippen LogP contribution in [-0.2, 0) is 11.3 Å². The van der Waals surface area contributed by atoms with Gasteiger partial charge in [0.25, 0.3) is 5.56 Å². The Kier molecular flexibility index (Phi) is 9.60. The number of nitriles is 1. The highest BCUT2D eigenvalue weighted by molar-refractivity contribution is 7.16. The van der Waals surface area contributed by atoms with Crippen LogP contribution in [-0.4, -0.2) is 22.5 Å². The molecule has 33 heavy (non-hydrogen) atoms. The maximum atomic E-state index is 14.2. The van der Waals surface area contributed by atoms with Crippen LogP contribution in [0.5, 0.6) is 11.5 Å². The average Bonchev–Trinajstić information content (AvgIpc) is 2.79. The highest BCUT2D eigenvalue weighted by Crippen LogP contribution is 2.32. The molecule has 2 aromatic rings. The third-order valence-electron chi connectivity index (χ3n) is 4.60. The monoisotopic (exact) mass is 510 g/mol. The Balaban J connectivity index is 2.59. The van der Waals surface area contributed by atoms with Crippen molar-refractivity contribution in [2.75, 3.05) is 7.05 Å². The maximum Gasteiger partial charge on any atom is 0.297 e. The van der Waals surface area contributed by atoms with Gasteiger partial charge in [-0.1, -0.05) is 44.9 Å². The van der Waals surface area contributed by atoms with E-state index in [0.29, 0.717) is 11.5 Å². The van der Waals surface area contributed by atoms with E-state index in [9.17, 15) is 14.0 Å². The van der Waals surface area contributed by atoms with Gasteiger partial charge in [0.15, 0.2) is 5.91 Å². The first kappa shape index (κ1) is 26.5. The fourth-order valence-electron chi connectivity index (χ4n) is 2.66. The van der Waals surface area contributed by atoms with E-state index in [1.807, 2.05) is 29.2 Å². The average molecular weight is 511 g/mol. The number of ether oxygens (including phenoxy) is 1. The van der Waals surface area contributed by atoms with Crippen molar-refractivity contribution in [1.29, 1.82) is 5.26 Å². The Bertz CT molecular complexity index is 1220. The van der Waals surface area contributed by atoms with E-state index in [2.05, 4.69) is 10.3 Å². The number of aromatic nitrogens is 2. The Morgan fingerprint density at radius 1 is 1.45 bits per heavy atom. The lowest BCUT2D eigenvalue weighted by molar-refractivity contribution is -0.117. The first-order valence-electron chi connectivity index (χ1n) is 9.76. The van der Waals surface area contributed by atoms with Gasteiger partial charge in [0.05, 0.1) is 24.5 Å². The van der Waals surface area contributed by atoms with Gasteiger partial charge in [0.2, 0.25) is 11.7 Å². The molecule has 0 aliphatic rings. The van der Waals surface area contributed by atoms with E-state index in [4.69, 9.17) is 33.2 Å². The zero-order valence-electron chi connectivity index (χ0n) is 18.2. The number of likely N-dealkylation sites (N-methyl/N-ethyl adjacent to an activating group) is 1. The number of carbonyl (C=O) groups is 1. The molecule has 0 aliphatic heterocycles. The molecule has 2 rings (SSSR count). The minimum Gasteiger partial charge on any atom is -0.449 e. The maximum absolute atomic E-state index is 14.2. The molecular formula is C22H22Cl2FN4O3P. The number of benzene rings is 1. The number of rotatable bonds is 8. The van der Waals surface area contributed by atoms with E-state index in [-0.39, 0.29) is 34.1 Å². The van der Waals surface area contributed by atoms with E-state index in [1.165, 1.54) is 31.3 Å². The van der Waals surface area contributed by atoms with Gasteiger partial charge in [0.1, 0.15) is 11.4 Å². The quantitative estimate of drug-likeness (QED) is 0.306. The van der Waals surface area contributed by atoms with Crippen LogP contribution in [0.1, 0.15) is 37.4 Å². The summed E-state index contributed by atoms with van der Waals surface area (Å²) in [6.07, 6.45) is 3.28. The summed E-state index contributed by atoms with van der Waals surface area (Å²) < 4.78 is 20.9. The molecule has 2 unspecified atom stereocenters. The standard InChI is InChI=1S/C22H22Cl2FN4O3P/c1-4-12(2)17(24)7-14(21(30)27-3)10-29-11-28-18(20(25)33)19(22(29)31)32-16-6-13(9-26)5-15(23)8-16/h5-8,11,20H,4,10,33H2,1-3H3,(H,27,30)/b14-7-,17-12-. The Morgan fingerprint density at radius 2 is 2.15 bits per heavy atom. The van der Waals surface area contributed by atoms with Crippen molar-refractivity contribution in [3.8, 4) is 17.6 Å². The molecule has 1 aromatic carbocycles. The first-order valence-corrected chi connectivity index (χ1v) is 11.2. The van der Waals surface area contributed by atoms with Gasteiger partial charge in [-0.05, 0) is 37.6 Å². The summed E-state index contributed by atoms with van der Waals surface area (Å²) in [5.74, 6) is -2.48. The molecule has 0 saturated heterocycles. The van der Waals surface area contributed by atoms with Crippen LogP contribution in [0, 0.1) is 11.3 Å². The minimum absolute atomic E-state index is 0.0641. The normalized spacial score (nSPS) is 13.1. The summed E-state index contributed by atoms with van der Waals surface area (Å²) in [4.78, 5) is 29.6. The van der Waals surface area contributed by atoms with Crippen LogP contribution in [0.4, 0.5) is 4.39 Å². The van der Waals surface area contributed by atoms with Crippen molar-refractivity contribution in [3.63, 3.8) is 0 Å². The van der Waals surface area contributed by atoms with Crippen molar-refractivity contribution in [3.05, 3.63) is 73.4 Å². The van der Waals surface area contributed by atoms with Crippen molar-refractivity contribution in [1.82, 2.24) is 14.9 Å². The van der Waals surface area contributed by atoms with Gasteiger partial charge >= 0.3 is 0 Å². The third-order valence-corrected chi connectivity index (χ3v) is 5.57. The summed E-state index contributed by atoms with van der Waals surface area (Å²) in [6, 6.07) is 6.08. The van der Waals surface area contributed by atoms with Crippen molar-refractivity contribution >= 4 is 38.3 Å². The van der Waals surface area contributed by atoms with Crippen molar-refractivity contribution < 1.29 is 13.9 Å². The van der Waals surface area contributed by atoms with Gasteiger partial charge in [0, 0.05) is 22.7 Å². The smallest absolute Gasteiger partial charge is 0.297 e. The molecular weight excluding hydrogens is 489 g/mol. The largest absolute Gasteiger partial charge is 0.449 e. The molecule has 174 valence electrons. The summed E-state index contributed by atoms with van der Waals surface area (Å²) in [5, 5.41) is 12.2. The summed E-state index contributed by atoms with van der Waals surface area (Å²) in [7, 11) is 3.35. The molecule has 1 N–H and O–H groups in total. The van der Waals surface area contributed by atoms with Crippen molar-refractivity contribution in [2.24, 2.45) is 0 Å². The lowest BCUT2D eigenvalue weighted by atomic mass is 10.1. The van der Waals surface area contributed by atoms with E-state index >= 15 is 0 Å². The molecule has 1 amide bonds. The topological polar surface area (TPSA) is 97.0 Å². The number of halogens is 3. The predicted octanol–water partition coefficient (Wildman–Crippen LogP) is 5.00. The molecule has 1 aromatic heterocycles. The second-order valence-corrected chi connectivity index (χ2v) is 8.34. The SMILES string of the molecule is CC/C(C)=C(Cl)/C=C(/Cn1cnc(C(F)P)c(Oc2cc(Cl)cc(C#N)c2)c1=O)C(=O)NC. The van der Waals surface area contributed by atoms with Crippen LogP contribution in [0.15, 0.2) is 51.6 Å². The number of nitrogens with one attached hydrogen (secondary N) is 1. The molecule has 0 bridgehead atoms. The van der Waals surface area contributed by atoms with Gasteiger partial charge in [-0.25, -0.2) is 9.37 Å². The Morgan fingerprint density at radius 3 is 2.73 bits per heavy atom. The zero-order valence-corrected chi connectivity index (χ0v) is 20.8. The van der Waals surface area contributed by atoms with Gasteiger partial charge < -0.3 is 10.1 Å². The number of alkyl halides is 1. The number of hydrogen-bond acceptors (Lipinski definition) is 5. The predicted molar refractivity (Wildman–Crippen MR) is 129 cm³/mol. The van der Waals surface area contributed by atoms with Crippen LogP contribution in [0.25, 0.3) is 0 Å². The molecule has 0 spiro atoms. The second kappa shape index (κ2) is 11.9. The lowest BCUT2D eigenvalue weighted by Crippen LogP contribution is -2.29. The fourth-order valence-corrected chi connectivity index (χ4v) is 3.39. The number of hydrogen-bond donors (Lipinski definition) is 1. The highest BCUT2D eigenvalue weighted by atomic mass is 35.5.